The van der Waals surface area contributed by atoms with Crippen molar-refractivity contribution in [1.82, 2.24) is 9.38 Å². The number of fused-ring (bicyclic) bond motifs is 1. The lowest BCUT2D eigenvalue weighted by molar-refractivity contribution is -0.115. The van der Waals surface area contributed by atoms with E-state index in [9.17, 15) is 4.79 Å². The zero-order valence-corrected chi connectivity index (χ0v) is 14.2. The Bertz CT molecular complexity index is 879. The van der Waals surface area contributed by atoms with Crippen LogP contribution in [0.1, 0.15) is 16.8 Å². The highest BCUT2D eigenvalue weighted by Gasteiger charge is 2.12. The van der Waals surface area contributed by atoms with Gasteiger partial charge in [-0.15, -0.1) is 0 Å². The maximum Gasteiger partial charge on any atom is 0.230 e. The summed E-state index contributed by atoms with van der Waals surface area (Å²) in [4.78, 5) is 16.7. The minimum absolute atomic E-state index is 0.159. The maximum absolute atomic E-state index is 12.3. The van der Waals surface area contributed by atoms with Crippen molar-refractivity contribution in [3.8, 4) is 0 Å². The summed E-state index contributed by atoms with van der Waals surface area (Å²) in [6.07, 6.45) is 3.72. The molecule has 1 amide bonds. The van der Waals surface area contributed by atoms with Crippen LogP contribution in [0, 0.1) is 13.8 Å². The van der Waals surface area contributed by atoms with E-state index >= 15 is 0 Å². The van der Waals surface area contributed by atoms with E-state index in [1.807, 2.05) is 32.0 Å². The molecule has 4 nitrogen and oxygen atoms in total. The van der Waals surface area contributed by atoms with E-state index < -0.39 is 0 Å². The summed E-state index contributed by atoms with van der Waals surface area (Å²) in [6, 6.07) is 7.39. The number of halogens is 2. The summed E-state index contributed by atoms with van der Waals surface area (Å²) in [5.74, 6) is -0.159. The predicted octanol–water partition coefficient (Wildman–Crippen LogP) is 4.44. The Kier molecular flexibility index (Phi) is 4.28. The third-order valence-corrected chi connectivity index (χ3v) is 4.02. The first-order valence-electron chi connectivity index (χ1n) is 7.12. The SMILES string of the molecule is Cc1cc(C)c(NC(=O)Cc2cn3cc(Cl)ccc3n2)c(Cl)c1. The van der Waals surface area contributed by atoms with Crippen LogP contribution in [-0.4, -0.2) is 15.3 Å². The lowest BCUT2D eigenvalue weighted by Crippen LogP contribution is -2.15. The molecule has 0 spiro atoms. The van der Waals surface area contributed by atoms with Crippen molar-refractivity contribution in [2.75, 3.05) is 5.32 Å². The van der Waals surface area contributed by atoms with Crippen molar-refractivity contribution in [2.24, 2.45) is 0 Å². The van der Waals surface area contributed by atoms with Gasteiger partial charge >= 0.3 is 0 Å². The summed E-state index contributed by atoms with van der Waals surface area (Å²) >= 11 is 12.2. The van der Waals surface area contributed by atoms with Gasteiger partial charge in [-0.25, -0.2) is 4.98 Å². The average molecular weight is 348 g/mol. The van der Waals surface area contributed by atoms with Gasteiger partial charge in [0, 0.05) is 12.4 Å². The van der Waals surface area contributed by atoms with Crippen molar-refractivity contribution < 1.29 is 4.79 Å². The second-order valence-corrected chi connectivity index (χ2v) is 6.35. The van der Waals surface area contributed by atoms with Crippen LogP contribution in [0.3, 0.4) is 0 Å². The minimum Gasteiger partial charge on any atom is -0.324 e. The minimum atomic E-state index is -0.159. The average Bonchev–Trinajstić information content (AvgIpc) is 2.84. The van der Waals surface area contributed by atoms with Crippen molar-refractivity contribution in [3.05, 3.63) is 63.5 Å². The molecule has 118 valence electrons. The quantitative estimate of drug-likeness (QED) is 0.761. The second kappa shape index (κ2) is 6.22. The lowest BCUT2D eigenvalue weighted by Gasteiger charge is -2.11. The van der Waals surface area contributed by atoms with Crippen LogP contribution in [-0.2, 0) is 11.2 Å². The summed E-state index contributed by atoms with van der Waals surface area (Å²) in [6.45, 7) is 3.88. The standard InChI is InChI=1S/C17H15Cl2N3O/c1-10-5-11(2)17(14(19)6-10)21-16(23)7-13-9-22-8-12(18)3-4-15(22)20-13/h3-6,8-9H,7H2,1-2H3,(H,21,23). The fraction of sp³-hybridized carbons (Fsp3) is 0.176. The Balaban J connectivity index is 1.78. The zero-order chi connectivity index (χ0) is 16.6. The predicted molar refractivity (Wildman–Crippen MR) is 93.5 cm³/mol. The number of pyridine rings is 1. The van der Waals surface area contributed by atoms with Crippen molar-refractivity contribution in [3.63, 3.8) is 0 Å². The number of hydrogen-bond donors (Lipinski definition) is 1. The number of nitrogens with one attached hydrogen (secondary N) is 1. The Morgan fingerprint density at radius 3 is 2.74 bits per heavy atom. The molecule has 23 heavy (non-hydrogen) atoms. The molecule has 1 N–H and O–H groups in total. The molecule has 1 aromatic carbocycles. The van der Waals surface area contributed by atoms with Crippen LogP contribution in [0.25, 0.3) is 5.65 Å². The van der Waals surface area contributed by atoms with Gasteiger partial charge in [0.25, 0.3) is 0 Å². The number of amides is 1. The number of carbonyl (C=O) groups is 1. The molecule has 0 saturated heterocycles. The molecule has 0 aliphatic carbocycles. The fourth-order valence-corrected chi connectivity index (χ4v) is 3.06. The zero-order valence-electron chi connectivity index (χ0n) is 12.7. The van der Waals surface area contributed by atoms with E-state index in [1.54, 1.807) is 22.9 Å². The number of hydrogen-bond acceptors (Lipinski definition) is 2. The number of imidazole rings is 1. The van der Waals surface area contributed by atoms with Gasteiger partial charge in [-0.1, -0.05) is 29.3 Å². The van der Waals surface area contributed by atoms with Crippen LogP contribution < -0.4 is 5.32 Å². The molecule has 0 saturated carbocycles. The van der Waals surface area contributed by atoms with Crippen LogP contribution in [0.5, 0.6) is 0 Å². The molecule has 2 aromatic heterocycles. The molecule has 0 radical (unpaired) electrons. The third kappa shape index (κ3) is 3.49. The van der Waals surface area contributed by atoms with E-state index in [0.29, 0.717) is 21.4 Å². The van der Waals surface area contributed by atoms with Gasteiger partial charge in [0.2, 0.25) is 5.91 Å². The topological polar surface area (TPSA) is 46.4 Å². The number of anilines is 1. The fourth-order valence-electron chi connectivity index (χ4n) is 2.52. The van der Waals surface area contributed by atoms with Crippen LogP contribution in [0.15, 0.2) is 36.7 Å². The summed E-state index contributed by atoms with van der Waals surface area (Å²) in [5.41, 5.74) is 4.06. The number of aryl methyl sites for hydroxylation is 2. The van der Waals surface area contributed by atoms with E-state index in [0.717, 1.165) is 16.8 Å². The van der Waals surface area contributed by atoms with Crippen LogP contribution in [0.2, 0.25) is 10.0 Å². The Morgan fingerprint density at radius 2 is 2.00 bits per heavy atom. The van der Waals surface area contributed by atoms with E-state index in [4.69, 9.17) is 23.2 Å². The number of rotatable bonds is 3. The molecule has 3 aromatic rings. The first-order valence-corrected chi connectivity index (χ1v) is 7.88. The number of nitrogens with zero attached hydrogens (tertiary/aromatic N) is 2. The highest BCUT2D eigenvalue weighted by Crippen LogP contribution is 2.27. The molecule has 0 bridgehead atoms. The lowest BCUT2D eigenvalue weighted by atomic mass is 10.1. The number of aromatic nitrogens is 2. The van der Waals surface area contributed by atoms with Crippen molar-refractivity contribution >= 4 is 40.4 Å². The second-order valence-electron chi connectivity index (χ2n) is 5.51. The highest BCUT2D eigenvalue weighted by molar-refractivity contribution is 6.34. The largest absolute Gasteiger partial charge is 0.324 e. The molecule has 6 heteroatoms. The van der Waals surface area contributed by atoms with Gasteiger partial charge in [0.05, 0.1) is 27.8 Å². The van der Waals surface area contributed by atoms with E-state index in [-0.39, 0.29) is 12.3 Å². The molecule has 2 heterocycles. The Morgan fingerprint density at radius 1 is 1.22 bits per heavy atom. The van der Waals surface area contributed by atoms with Gasteiger partial charge in [0.15, 0.2) is 0 Å². The van der Waals surface area contributed by atoms with Gasteiger partial charge in [-0.05, 0) is 43.2 Å². The van der Waals surface area contributed by atoms with Crippen molar-refractivity contribution in [1.29, 1.82) is 0 Å². The van der Waals surface area contributed by atoms with E-state index in [1.165, 1.54) is 0 Å². The molecular weight excluding hydrogens is 333 g/mol. The van der Waals surface area contributed by atoms with Gasteiger partial charge < -0.3 is 9.72 Å². The third-order valence-electron chi connectivity index (χ3n) is 3.50. The molecule has 0 fully saturated rings. The number of carbonyl (C=O) groups excluding carboxylic acids is 1. The summed E-state index contributed by atoms with van der Waals surface area (Å²) in [5, 5.41) is 4.02. The molecule has 0 aliphatic heterocycles. The first-order chi connectivity index (χ1) is 10.9. The van der Waals surface area contributed by atoms with Crippen molar-refractivity contribution in [2.45, 2.75) is 20.3 Å². The normalized spacial score (nSPS) is 11.0. The van der Waals surface area contributed by atoms with E-state index in [2.05, 4.69) is 10.3 Å². The molecular formula is C17H15Cl2N3O. The maximum atomic E-state index is 12.3. The molecule has 3 rings (SSSR count). The van der Waals surface area contributed by atoms with Crippen LogP contribution in [0.4, 0.5) is 5.69 Å². The smallest absolute Gasteiger partial charge is 0.230 e. The monoisotopic (exact) mass is 347 g/mol. The molecule has 0 atom stereocenters. The van der Waals surface area contributed by atoms with Gasteiger partial charge in [0.1, 0.15) is 5.65 Å². The summed E-state index contributed by atoms with van der Waals surface area (Å²) < 4.78 is 1.80. The Labute approximate surface area is 144 Å². The first kappa shape index (κ1) is 15.8. The molecule has 0 unspecified atom stereocenters. The van der Waals surface area contributed by atoms with Crippen LogP contribution >= 0.6 is 23.2 Å². The molecule has 0 aliphatic rings. The number of benzene rings is 1. The Hall–Kier alpha value is -2.04. The highest BCUT2D eigenvalue weighted by atomic mass is 35.5. The van der Waals surface area contributed by atoms with Gasteiger partial charge in [-0.3, -0.25) is 4.79 Å². The van der Waals surface area contributed by atoms with Gasteiger partial charge in [-0.2, -0.15) is 0 Å². The summed E-state index contributed by atoms with van der Waals surface area (Å²) in [7, 11) is 0.